The molecule has 0 amide bonds. The molecule has 0 fully saturated rings. The van der Waals surface area contributed by atoms with Gasteiger partial charge in [-0.2, -0.15) is 0 Å². The van der Waals surface area contributed by atoms with Crippen LogP contribution in [0.4, 0.5) is 0 Å². The lowest BCUT2D eigenvalue weighted by atomic mass is 10.3. The Balaban J connectivity index is 0.00000112. The van der Waals surface area contributed by atoms with E-state index in [1.807, 2.05) is 30.5 Å². The Morgan fingerprint density at radius 2 is 1.93 bits per heavy atom. The van der Waals surface area contributed by atoms with Crippen LogP contribution in [0.15, 0.2) is 43.0 Å². The van der Waals surface area contributed by atoms with Crippen LogP contribution >= 0.6 is 11.6 Å². The highest BCUT2D eigenvalue weighted by molar-refractivity contribution is 6.30. The standard InChI is InChI=1S/C11H12ClN2.BrH/c1-2-13-7-8-14(9-13)11-5-3-10(12)4-6-11;/h3-9H,2H2,1H3;1H/q+1;/p-1. The van der Waals surface area contributed by atoms with Crippen molar-refractivity contribution in [1.29, 1.82) is 0 Å². The first kappa shape index (κ1) is 12.3. The molecule has 80 valence electrons. The van der Waals surface area contributed by atoms with Crippen LogP contribution in [0.5, 0.6) is 0 Å². The van der Waals surface area contributed by atoms with Crippen LogP contribution in [-0.2, 0) is 6.54 Å². The quantitative estimate of drug-likeness (QED) is 0.655. The van der Waals surface area contributed by atoms with Crippen molar-refractivity contribution in [2.24, 2.45) is 0 Å². The maximum absolute atomic E-state index is 5.82. The second-order valence-electron chi connectivity index (χ2n) is 3.13. The van der Waals surface area contributed by atoms with Crippen molar-refractivity contribution in [3.8, 4) is 5.69 Å². The Morgan fingerprint density at radius 1 is 1.27 bits per heavy atom. The lowest BCUT2D eigenvalue weighted by Gasteiger charge is -1.94. The van der Waals surface area contributed by atoms with E-state index in [-0.39, 0.29) is 17.0 Å². The van der Waals surface area contributed by atoms with Gasteiger partial charge >= 0.3 is 0 Å². The van der Waals surface area contributed by atoms with E-state index in [1.165, 1.54) is 0 Å². The highest BCUT2D eigenvalue weighted by atomic mass is 79.9. The van der Waals surface area contributed by atoms with E-state index in [4.69, 9.17) is 11.6 Å². The molecule has 0 saturated heterocycles. The summed E-state index contributed by atoms with van der Waals surface area (Å²) in [6, 6.07) is 7.80. The first-order valence-corrected chi connectivity index (χ1v) is 5.00. The molecule has 2 nitrogen and oxygen atoms in total. The molecule has 0 radical (unpaired) electrons. The van der Waals surface area contributed by atoms with Crippen molar-refractivity contribution in [3.63, 3.8) is 0 Å². The highest BCUT2D eigenvalue weighted by Gasteiger charge is 2.03. The second kappa shape index (κ2) is 5.33. The van der Waals surface area contributed by atoms with Gasteiger partial charge in [-0.05, 0) is 31.2 Å². The lowest BCUT2D eigenvalue weighted by molar-refractivity contribution is -0.692. The highest BCUT2D eigenvalue weighted by Crippen LogP contribution is 2.12. The fraction of sp³-hybridized carbons (Fsp3) is 0.182. The third-order valence-electron chi connectivity index (χ3n) is 2.18. The molecule has 0 bridgehead atoms. The average Bonchev–Trinajstić information content (AvgIpc) is 2.67. The molecule has 0 atom stereocenters. The molecule has 2 rings (SSSR count). The van der Waals surface area contributed by atoms with Crippen molar-refractivity contribution in [3.05, 3.63) is 48.0 Å². The second-order valence-corrected chi connectivity index (χ2v) is 3.56. The fourth-order valence-corrected chi connectivity index (χ4v) is 1.47. The predicted octanol–water partition coefficient (Wildman–Crippen LogP) is -0.558. The third-order valence-corrected chi connectivity index (χ3v) is 2.43. The Morgan fingerprint density at radius 3 is 2.47 bits per heavy atom. The van der Waals surface area contributed by atoms with Crippen LogP contribution in [-0.4, -0.2) is 4.57 Å². The van der Waals surface area contributed by atoms with Gasteiger partial charge in [0.05, 0.1) is 6.54 Å². The van der Waals surface area contributed by atoms with Crippen LogP contribution in [0.1, 0.15) is 6.92 Å². The molecule has 4 heteroatoms. The molecule has 0 unspecified atom stereocenters. The molecule has 1 heterocycles. The van der Waals surface area contributed by atoms with Gasteiger partial charge in [0.1, 0.15) is 18.1 Å². The zero-order valence-corrected chi connectivity index (χ0v) is 10.7. The van der Waals surface area contributed by atoms with E-state index in [2.05, 4.69) is 28.6 Å². The Labute approximate surface area is 105 Å². The number of benzene rings is 1. The summed E-state index contributed by atoms with van der Waals surface area (Å²) in [7, 11) is 0. The Kier molecular flexibility index (Phi) is 4.36. The van der Waals surface area contributed by atoms with E-state index in [0.29, 0.717) is 0 Å². The van der Waals surface area contributed by atoms with Crippen LogP contribution in [0.25, 0.3) is 5.69 Å². The van der Waals surface area contributed by atoms with E-state index in [0.717, 1.165) is 17.3 Å². The summed E-state index contributed by atoms with van der Waals surface area (Å²) in [5, 5.41) is 0.768. The average molecular weight is 288 g/mol. The van der Waals surface area contributed by atoms with Crippen molar-refractivity contribution < 1.29 is 21.5 Å². The third kappa shape index (κ3) is 2.83. The summed E-state index contributed by atoms with van der Waals surface area (Å²) in [4.78, 5) is 0. The van der Waals surface area contributed by atoms with Crippen LogP contribution in [0.3, 0.4) is 0 Å². The molecule has 0 aliphatic carbocycles. The summed E-state index contributed by atoms with van der Waals surface area (Å²) in [6.45, 7) is 3.10. The largest absolute Gasteiger partial charge is 1.00 e. The van der Waals surface area contributed by atoms with Crippen LogP contribution < -0.4 is 21.5 Å². The zero-order valence-electron chi connectivity index (χ0n) is 8.40. The summed E-state index contributed by atoms with van der Waals surface area (Å²) in [5.74, 6) is 0. The topological polar surface area (TPSA) is 8.81 Å². The normalized spacial score (nSPS) is 9.73. The van der Waals surface area contributed by atoms with E-state index in [1.54, 1.807) is 0 Å². The van der Waals surface area contributed by atoms with Gasteiger partial charge in [0.25, 0.3) is 0 Å². The number of hydrogen-bond donors (Lipinski definition) is 0. The van der Waals surface area contributed by atoms with Gasteiger partial charge in [0.2, 0.25) is 6.33 Å². The minimum Gasteiger partial charge on any atom is -1.00 e. The summed E-state index contributed by atoms with van der Waals surface area (Å²) < 4.78 is 4.19. The Bertz CT molecular complexity index is 422. The summed E-state index contributed by atoms with van der Waals surface area (Å²) in [6.07, 6.45) is 6.14. The summed E-state index contributed by atoms with van der Waals surface area (Å²) in [5.41, 5.74) is 1.13. The van der Waals surface area contributed by atoms with E-state index in [9.17, 15) is 0 Å². The van der Waals surface area contributed by atoms with Gasteiger partial charge in [-0.15, -0.1) is 0 Å². The fourth-order valence-electron chi connectivity index (χ4n) is 1.35. The van der Waals surface area contributed by atoms with E-state index >= 15 is 0 Å². The van der Waals surface area contributed by atoms with Gasteiger partial charge < -0.3 is 17.0 Å². The smallest absolute Gasteiger partial charge is 0.248 e. The summed E-state index contributed by atoms with van der Waals surface area (Å²) >= 11 is 5.82. The number of aryl methyl sites for hydroxylation is 1. The number of aromatic nitrogens is 2. The Hall–Kier alpha value is -0.800. The number of halogens is 2. The van der Waals surface area contributed by atoms with Gasteiger partial charge in [-0.3, -0.25) is 0 Å². The minimum absolute atomic E-state index is 0. The number of nitrogens with zero attached hydrogens (tertiary/aromatic N) is 2. The minimum atomic E-state index is 0. The van der Waals surface area contributed by atoms with Crippen molar-refractivity contribution >= 4 is 11.6 Å². The maximum atomic E-state index is 5.82. The van der Waals surface area contributed by atoms with Crippen LogP contribution in [0, 0.1) is 0 Å². The molecular weight excluding hydrogens is 275 g/mol. The van der Waals surface area contributed by atoms with Crippen LogP contribution in [0.2, 0.25) is 5.02 Å². The van der Waals surface area contributed by atoms with Crippen molar-refractivity contribution in [1.82, 2.24) is 4.57 Å². The zero-order chi connectivity index (χ0) is 9.97. The SMILES string of the molecule is CC[n+]1ccn(-c2ccc(Cl)cc2)c1.[Br-]. The molecule has 0 N–H and O–H groups in total. The monoisotopic (exact) mass is 286 g/mol. The number of imidazole rings is 1. The molecule has 0 aliphatic heterocycles. The molecule has 0 aliphatic rings. The van der Waals surface area contributed by atoms with Gasteiger partial charge in [-0.1, -0.05) is 11.6 Å². The van der Waals surface area contributed by atoms with E-state index < -0.39 is 0 Å². The van der Waals surface area contributed by atoms with Gasteiger partial charge in [0, 0.05) is 5.02 Å². The first-order valence-electron chi connectivity index (χ1n) is 4.62. The first-order chi connectivity index (χ1) is 6.79. The molecule has 1 aromatic heterocycles. The molecular formula is C11H12BrClN2. The lowest BCUT2D eigenvalue weighted by Crippen LogP contribution is -3.00. The maximum Gasteiger partial charge on any atom is 0.248 e. The molecule has 1 aromatic carbocycles. The number of hydrogen-bond acceptors (Lipinski definition) is 0. The molecule has 0 spiro atoms. The van der Waals surface area contributed by atoms with Gasteiger partial charge in [-0.25, -0.2) is 9.13 Å². The van der Waals surface area contributed by atoms with Crippen molar-refractivity contribution in [2.75, 3.05) is 0 Å². The number of rotatable bonds is 2. The predicted molar refractivity (Wildman–Crippen MR) is 56.6 cm³/mol. The van der Waals surface area contributed by atoms with Gasteiger partial charge in [0.15, 0.2) is 0 Å². The molecule has 2 aromatic rings. The van der Waals surface area contributed by atoms with Crippen molar-refractivity contribution in [2.45, 2.75) is 13.5 Å². The molecule has 0 saturated carbocycles. The molecule has 15 heavy (non-hydrogen) atoms.